The van der Waals surface area contributed by atoms with Crippen LogP contribution in [0.3, 0.4) is 0 Å². The minimum atomic E-state index is -0.906. The van der Waals surface area contributed by atoms with Crippen LogP contribution in [0.15, 0.2) is 12.4 Å². The average Bonchev–Trinajstić information content (AvgIpc) is 2.34. The van der Waals surface area contributed by atoms with Gasteiger partial charge in [-0.1, -0.05) is 20.8 Å². The SMILES string of the molecule is CC(C)(C)[C@](C)(O)c1ncc[nH]1. The number of hydrogen-bond acceptors (Lipinski definition) is 2. The normalized spacial score (nSPS) is 17.4. The molecule has 0 saturated heterocycles. The van der Waals surface area contributed by atoms with Crippen molar-refractivity contribution in [3.63, 3.8) is 0 Å². The van der Waals surface area contributed by atoms with Gasteiger partial charge in [-0.05, 0) is 12.3 Å². The van der Waals surface area contributed by atoms with Crippen molar-refractivity contribution in [1.82, 2.24) is 9.97 Å². The molecule has 0 aromatic carbocycles. The third-order valence-corrected chi connectivity index (χ3v) is 2.42. The van der Waals surface area contributed by atoms with Gasteiger partial charge in [0, 0.05) is 12.4 Å². The second-order valence-corrected chi connectivity index (χ2v) is 4.26. The molecular weight excluding hydrogens is 152 g/mol. The average molecular weight is 168 g/mol. The summed E-state index contributed by atoms with van der Waals surface area (Å²) in [5.41, 5.74) is -1.12. The van der Waals surface area contributed by atoms with Crippen LogP contribution in [0.1, 0.15) is 33.5 Å². The third kappa shape index (κ3) is 1.37. The van der Waals surface area contributed by atoms with E-state index < -0.39 is 5.60 Å². The summed E-state index contributed by atoms with van der Waals surface area (Å²) in [6.07, 6.45) is 3.37. The minimum absolute atomic E-state index is 0.217. The van der Waals surface area contributed by atoms with Crippen molar-refractivity contribution in [3.8, 4) is 0 Å². The number of hydrogen-bond donors (Lipinski definition) is 2. The summed E-state index contributed by atoms with van der Waals surface area (Å²) in [5, 5.41) is 10.1. The number of rotatable bonds is 1. The van der Waals surface area contributed by atoms with Crippen LogP contribution in [-0.4, -0.2) is 15.1 Å². The molecule has 12 heavy (non-hydrogen) atoms. The summed E-state index contributed by atoms with van der Waals surface area (Å²) >= 11 is 0. The highest BCUT2D eigenvalue weighted by atomic mass is 16.3. The van der Waals surface area contributed by atoms with Crippen LogP contribution in [-0.2, 0) is 5.60 Å². The van der Waals surface area contributed by atoms with Crippen LogP contribution in [0, 0.1) is 5.41 Å². The molecular formula is C9H16N2O. The summed E-state index contributed by atoms with van der Waals surface area (Å²) in [6.45, 7) is 7.71. The van der Waals surface area contributed by atoms with Gasteiger partial charge in [0.05, 0.1) is 0 Å². The molecule has 3 nitrogen and oxygen atoms in total. The van der Waals surface area contributed by atoms with Gasteiger partial charge in [-0.2, -0.15) is 0 Å². The van der Waals surface area contributed by atoms with Gasteiger partial charge in [0.1, 0.15) is 11.4 Å². The zero-order chi connectivity index (χ0) is 9.41. The van der Waals surface area contributed by atoms with Crippen molar-refractivity contribution >= 4 is 0 Å². The highest BCUT2D eigenvalue weighted by molar-refractivity contribution is 5.04. The third-order valence-electron chi connectivity index (χ3n) is 2.42. The first kappa shape index (κ1) is 9.26. The Morgan fingerprint density at radius 3 is 2.25 bits per heavy atom. The first-order valence-electron chi connectivity index (χ1n) is 4.08. The van der Waals surface area contributed by atoms with Gasteiger partial charge in [0.15, 0.2) is 0 Å². The summed E-state index contributed by atoms with van der Waals surface area (Å²) in [7, 11) is 0. The lowest BCUT2D eigenvalue weighted by Crippen LogP contribution is -2.37. The van der Waals surface area contributed by atoms with E-state index in [-0.39, 0.29) is 5.41 Å². The highest BCUT2D eigenvalue weighted by Crippen LogP contribution is 2.36. The molecule has 0 fully saturated rings. The maximum atomic E-state index is 10.1. The van der Waals surface area contributed by atoms with Crippen molar-refractivity contribution in [1.29, 1.82) is 0 Å². The molecule has 0 aliphatic rings. The fourth-order valence-corrected chi connectivity index (χ4v) is 0.887. The van der Waals surface area contributed by atoms with Crippen molar-refractivity contribution in [2.75, 3.05) is 0 Å². The molecule has 1 rings (SSSR count). The Hall–Kier alpha value is -0.830. The Kier molecular flexibility index (Phi) is 2.00. The molecule has 0 unspecified atom stereocenters. The van der Waals surface area contributed by atoms with Crippen LogP contribution >= 0.6 is 0 Å². The summed E-state index contributed by atoms with van der Waals surface area (Å²) in [6, 6.07) is 0. The monoisotopic (exact) mass is 168 g/mol. The van der Waals surface area contributed by atoms with E-state index >= 15 is 0 Å². The zero-order valence-corrected chi connectivity index (χ0v) is 8.05. The van der Waals surface area contributed by atoms with E-state index in [0.717, 1.165) is 0 Å². The standard InChI is InChI=1S/C9H16N2O/c1-8(2,3)9(4,12)7-10-5-6-11-7/h5-6,12H,1-4H3,(H,10,11)/t9-/m1/s1. The van der Waals surface area contributed by atoms with Crippen LogP contribution in [0.2, 0.25) is 0 Å². The quantitative estimate of drug-likeness (QED) is 0.670. The fraction of sp³-hybridized carbons (Fsp3) is 0.667. The van der Waals surface area contributed by atoms with Gasteiger partial charge in [-0.15, -0.1) is 0 Å². The molecule has 1 heterocycles. The van der Waals surface area contributed by atoms with E-state index in [9.17, 15) is 5.11 Å². The number of H-pyrrole nitrogens is 1. The molecule has 0 amide bonds. The lowest BCUT2D eigenvalue weighted by molar-refractivity contribution is -0.0538. The number of aromatic amines is 1. The number of aromatic nitrogens is 2. The van der Waals surface area contributed by atoms with Crippen LogP contribution in [0.4, 0.5) is 0 Å². The number of imidazole rings is 1. The lowest BCUT2D eigenvalue weighted by atomic mass is 9.77. The minimum Gasteiger partial charge on any atom is -0.382 e. The van der Waals surface area contributed by atoms with Gasteiger partial charge >= 0.3 is 0 Å². The van der Waals surface area contributed by atoms with Gasteiger partial charge in [-0.3, -0.25) is 0 Å². The molecule has 1 atom stereocenters. The van der Waals surface area contributed by atoms with Crippen LogP contribution in [0.25, 0.3) is 0 Å². The molecule has 0 aliphatic heterocycles. The first-order chi connectivity index (χ1) is 5.36. The molecule has 0 bridgehead atoms. The molecule has 1 aromatic rings. The van der Waals surface area contributed by atoms with Crippen LogP contribution < -0.4 is 0 Å². The van der Waals surface area contributed by atoms with Gasteiger partial charge in [0.25, 0.3) is 0 Å². The van der Waals surface area contributed by atoms with Crippen molar-refractivity contribution in [2.45, 2.75) is 33.3 Å². The predicted octanol–water partition coefficient (Wildman–Crippen LogP) is 1.66. The van der Waals surface area contributed by atoms with Gasteiger partial charge in [-0.25, -0.2) is 4.98 Å². The van der Waals surface area contributed by atoms with E-state index in [1.165, 1.54) is 0 Å². The van der Waals surface area contributed by atoms with Gasteiger partial charge < -0.3 is 10.1 Å². The Morgan fingerprint density at radius 1 is 1.33 bits per heavy atom. The largest absolute Gasteiger partial charge is 0.382 e. The molecule has 2 N–H and O–H groups in total. The van der Waals surface area contributed by atoms with E-state index in [4.69, 9.17) is 0 Å². The van der Waals surface area contributed by atoms with Crippen molar-refractivity contribution < 1.29 is 5.11 Å². The number of nitrogens with one attached hydrogen (secondary N) is 1. The van der Waals surface area contributed by atoms with E-state index in [1.807, 2.05) is 20.8 Å². The van der Waals surface area contributed by atoms with E-state index in [2.05, 4.69) is 9.97 Å². The second kappa shape index (κ2) is 2.59. The Balaban J connectivity index is 3.02. The Morgan fingerprint density at radius 2 is 1.92 bits per heavy atom. The fourth-order valence-electron chi connectivity index (χ4n) is 0.887. The Labute approximate surface area is 72.8 Å². The molecule has 0 saturated carbocycles. The van der Waals surface area contributed by atoms with Crippen LogP contribution in [0.5, 0.6) is 0 Å². The molecule has 0 radical (unpaired) electrons. The van der Waals surface area contributed by atoms with Crippen molar-refractivity contribution in [3.05, 3.63) is 18.2 Å². The van der Waals surface area contributed by atoms with E-state index in [1.54, 1.807) is 19.3 Å². The number of aliphatic hydroxyl groups is 1. The molecule has 68 valence electrons. The maximum absolute atomic E-state index is 10.1. The molecule has 0 aliphatic carbocycles. The zero-order valence-electron chi connectivity index (χ0n) is 8.05. The topological polar surface area (TPSA) is 48.9 Å². The lowest BCUT2D eigenvalue weighted by Gasteiger charge is -2.35. The molecule has 3 heteroatoms. The smallest absolute Gasteiger partial charge is 0.138 e. The summed E-state index contributed by atoms with van der Waals surface area (Å²) in [4.78, 5) is 6.97. The second-order valence-electron chi connectivity index (χ2n) is 4.26. The molecule has 0 spiro atoms. The first-order valence-corrected chi connectivity index (χ1v) is 4.08. The number of nitrogens with zero attached hydrogens (tertiary/aromatic N) is 1. The van der Waals surface area contributed by atoms with Gasteiger partial charge in [0.2, 0.25) is 0 Å². The highest BCUT2D eigenvalue weighted by Gasteiger charge is 2.38. The summed E-state index contributed by atoms with van der Waals surface area (Å²) < 4.78 is 0. The van der Waals surface area contributed by atoms with E-state index in [0.29, 0.717) is 5.82 Å². The predicted molar refractivity (Wildman–Crippen MR) is 47.6 cm³/mol. The maximum Gasteiger partial charge on any atom is 0.138 e. The van der Waals surface area contributed by atoms with Crippen molar-refractivity contribution in [2.24, 2.45) is 5.41 Å². The molecule has 1 aromatic heterocycles. The Bertz CT molecular complexity index is 244. The summed E-state index contributed by atoms with van der Waals surface area (Å²) in [5.74, 6) is 0.620.